The largest absolute Gasteiger partial charge is 0.318 e. The van der Waals surface area contributed by atoms with Gasteiger partial charge in [-0.15, -0.1) is 0 Å². The van der Waals surface area contributed by atoms with Gasteiger partial charge >= 0.3 is 0 Å². The average molecular weight is 241 g/mol. The standard InChI is InChI=1S/C14H31N3/c1-12(2)8-17-11-14(3,4)10-16(6)9-13(17)7-15-5/h12-13,15H,7-11H2,1-6H3. The van der Waals surface area contributed by atoms with Gasteiger partial charge in [0.15, 0.2) is 0 Å². The number of nitrogens with one attached hydrogen (secondary N) is 1. The fourth-order valence-corrected chi connectivity index (χ4v) is 3.11. The maximum Gasteiger partial charge on any atom is 0.0348 e. The van der Waals surface area contributed by atoms with E-state index in [0.29, 0.717) is 11.5 Å². The number of nitrogens with zero attached hydrogens (tertiary/aromatic N) is 2. The highest BCUT2D eigenvalue weighted by Gasteiger charge is 2.32. The molecule has 102 valence electrons. The lowest BCUT2D eigenvalue weighted by atomic mass is 9.92. The summed E-state index contributed by atoms with van der Waals surface area (Å²) in [6.07, 6.45) is 0. The first-order chi connectivity index (χ1) is 7.84. The van der Waals surface area contributed by atoms with Gasteiger partial charge in [-0.25, -0.2) is 0 Å². The molecule has 17 heavy (non-hydrogen) atoms. The first kappa shape index (κ1) is 14.9. The summed E-state index contributed by atoms with van der Waals surface area (Å²) in [7, 11) is 4.31. The summed E-state index contributed by atoms with van der Waals surface area (Å²) in [6, 6.07) is 0.647. The van der Waals surface area contributed by atoms with Crippen molar-refractivity contribution in [3.05, 3.63) is 0 Å². The summed E-state index contributed by atoms with van der Waals surface area (Å²) in [4.78, 5) is 5.17. The van der Waals surface area contributed by atoms with Crippen LogP contribution in [0.3, 0.4) is 0 Å². The topological polar surface area (TPSA) is 18.5 Å². The van der Waals surface area contributed by atoms with Crippen molar-refractivity contribution in [1.29, 1.82) is 0 Å². The minimum absolute atomic E-state index is 0.395. The van der Waals surface area contributed by atoms with Crippen molar-refractivity contribution in [2.45, 2.75) is 33.7 Å². The van der Waals surface area contributed by atoms with E-state index in [2.05, 4.69) is 56.9 Å². The van der Waals surface area contributed by atoms with Gasteiger partial charge in [0.25, 0.3) is 0 Å². The quantitative estimate of drug-likeness (QED) is 0.805. The molecule has 0 aliphatic carbocycles. The zero-order valence-electron chi connectivity index (χ0n) is 12.6. The van der Waals surface area contributed by atoms with E-state index >= 15 is 0 Å². The molecule has 1 fully saturated rings. The van der Waals surface area contributed by atoms with Gasteiger partial charge in [0.1, 0.15) is 0 Å². The molecule has 0 spiro atoms. The lowest BCUT2D eigenvalue weighted by Crippen LogP contribution is -2.48. The molecule has 3 nitrogen and oxygen atoms in total. The molecule has 1 aliphatic heterocycles. The molecule has 1 aliphatic rings. The van der Waals surface area contributed by atoms with E-state index in [-0.39, 0.29) is 0 Å². The van der Waals surface area contributed by atoms with Gasteiger partial charge < -0.3 is 10.2 Å². The smallest absolute Gasteiger partial charge is 0.0348 e. The van der Waals surface area contributed by atoms with E-state index in [1.54, 1.807) is 0 Å². The molecule has 3 heteroatoms. The number of hydrogen-bond donors (Lipinski definition) is 1. The molecule has 1 rings (SSSR count). The summed E-state index contributed by atoms with van der Waals surface area (Å²) >= 11 is 0. The molecule has 1 atom stereocenters. The molecule has 0 bridgehead atoms. The average Bonchev–Trinajstić information content (AvgIpc) is 2.22. The normalized spacial score (nSPS) is 27.4. The maximum absolute atomic E-state index is 3.35. The molecule has 1 saturated heterocycles. The fourth-order valence-electron chi connectivity index (χ4n) is 3.11. The Labute approximate surface area is 108 Å². The van der Waals surface area contributed by atoms with Crippen molar-refractivity contribution >= 4 is 0 Å². The third-order valence-electron chi connectivity index (χ3n) is 3.41. The van der Waals surface area contributed by atoms with E-state index in [9.17, 15) is 0 Å². The van der Waals surface area contributed by atoms with E-state index in [1.165, 1.54) is 26.2 Å². The van der Waals surface area contributed by atoms with Crippen LogP contribution in [0.15, 0.2) is 0 Å². The van der Waals surface area contributed by atoms with Gasteiger partial charge in [-0.05, 0) is 25.4 Å². The van der Waals surface area contributed by atoms with Crippen LogP contribution in [0.5, 0.6) is 0 Å². The molecule has 0 radical (unpaired) electrons. The second-order valence-electron chi connectivity index (χ2n) is 6.90. The van der Waals surface area contributed by atoms with Crippen molar-refractivity contribution in [2.75, 3.05) is 46.8 Å². The SMILES string of the molecule is CNCC1CN(C)CC(C)(C)CN1CC(C)C. The second kappa shape index (κ2) is 6.17. The van der Waals surface area contributed by atoms with Crippen molar-refractivity contribution in [3.63, 3.8) is 0 Å². The number of rotatable bonds is 4. The minimum Gasteiger partial charge on any atom is -0.318 e. The van der Waals surface area contributed by atoms with Crippen LogP contribution in [0, 0.1) is 11.3 Å². The van der Waals surface area contributed by atoms with E-state index < -0.39 is 0 Å². The van der Waals surface area contributed by atoms with Crippen LogP contribution in [0.25, 0.3) is 0 Å². The molecule has 0 aromatic rings. The van der Waals surface area contributed by atoms with E-state index in [1.807, 2.05) is 0 Å². The molecular weight excluding hydrogens is 210 g/mol. The zero-order chi connectivity index (χ0) is 13.1. The lowest BCUT2D eigenvalue weighted by Gasteiger charge is -2.35. The van der Waals surface area contributed by atoms with Gasteiger partial charge in [-0.2, -0.15) is 0 Å². The fraction of sp³-hybridized carbons (Fsp3) is 1.00. The molecule has 1 unspecified atom stereocenters. The van der Waals surface area contributed by atoms with Crippen LogP contribution < -0.4 is 5.32 Å². The Morgan fingerprint density at radius 3 is 2.47 bits per heavy atom. The highest BCUT2D eigenvalue weighted by Crippen LogP contribution is 2.24. The van der Waals surface area contributed by atoms with Crippen LogP contribution >= 0.6 is 0 Å². The van der Waals surface area contributed by atoms with E-state index in [0.717, 1.165) is 12.5 Å². The van der Waals surface area contributed by atoms with Gasteiger partial charge in [-0.3, -0.25) is 4.90 Å². The number of hydrogen-bond acceptors (Lipinski definition) is 3. The summed E-state index contributed by atoms with van der Waals surface area (Å²) in [5.74, 6) is 0.744. The maximum atomic E-state index is 3.35. The van der Waals surface area contributed by atoms with Gasteiger partial charge in [-0.1, -0.05) is 27.7 Å². The third-order valence-corrected chi connectivity index (χ3v) is 3.41. The second-order valence-corrected chi connectivity index (χ2v) is 6.90. The van der Waals surface area contributed by atoms with Crippen LogP contribution in [0.2, 0.25) is 0 Å². The van der Waals surface area contributed by atoms with Crippen LogP contribution in [-0.2, 0) is 0 Å². The van der Waals surface area contributed by atoms with Crippen molar-refractivity contribution in [3.8, 4) is 0 Å². The Balaban J connectivity index is 2.76. The van der Waals surface area contributed by atoms with Crippen molar-refractivity contribution < 1.29 is 0 Å². The Morgan fingerprint density at radius 2 is 1.94 bits per heavy atom. The lowest BCUT2D eigenvalue weighted by molar-refractivity contribution is 0.140. The van der Waals surface area contributed by atoms with Gasteiger partial charge in [0.2, 0.25) is 0 Å². The highest BCUT2D eigenvalue weighted by molar-refractivity contribution is 4.88. The van der Waals surface area contributed by atoms with Crippen molar-refractivity contribution in [2.24, 2.45) is 11.3 Å². The molecule has 0 saturated carbocycles. The predicted octanol–water partition coefficient (Wildman–Crippen LogP) is 1.50. The van der Waals surface area contributed by atoms with Crippen molar-refractivity contribution in [1.82, 2.24) is 15.1 Å². The van der Waals surface area contributed by atoms with Gasteiger partial charge in [0, 0.05) is 38.8 Å². The third kappa shape index (κ3) is 4.94. The van der Waals surface area contributed by atoms with Crippen LogP contribution in [0.4, 0.5) is 0 Å². The summed E-state index contributed by atoms with van der Waals surface area (Å²) in [6.45, 7) is 15.3. The Morgan fingerprint density at radius 1 is 1.29 bits per heavy atom. The Bertz CT molecular complexity index is 226. The molecule has 1 N–H and O–H groups in total. The Hall–Kier alpha value is -0.120. The van der Waals surface area contributed by atoms with E-state index in [4.69, 9.17) is 0 Å². The number of likely N-dealkylation sites (N-methyl/N-ethyl adjacent to an activating group) is 2. The summed E-state index contributed by atoms with van der Waals surface area (Å²) in [5.41, 5.74) is 0.395. The first-order valence-electron chi connectivity index (χ1n) is 6.91. The summed E-state index contributed by atoms with van der Waals surface area (Å²) < 4.78 is 0. The molecule has 0 aromatic carbocycles. The molecule has 1 heterocycles. The summed E-state index contributed by atoms with van der Waals surface area (Å²) in [5, 5.41) is 3.35. The highest BCUT2D eigenvalue weighted by atomic mass is 15.3. The van der Waals surface area contributed by atoms with Crippen LogP contribution in [-0.4, -0.2) is 62.7 Å². The van der Waals surface area contributed by atoms with Gasteiger partial charge in [0.05, 0.1) is 0 Å². The molecular formula is C14H31N3. The molecule has 0 aromatic heterocycles. The monoisotopic (exact) mass is 241 g/mol. The van der Waals surface area contributed by atoms with Crippen LogP contribution in [0.1, 0.15) is 27.7 Å². The first-order valence-corrected chi connectivity index (χ1v) is 6.91. The predicted molar refractivity (Wildman–Crippen MR) is 75.4 cm³/mol. The molecule has 0 amide bonds. The minimum atomic E-state index is 0.395. The zero-order valence-corrected chi connectivity index (χ0v) is 12.6. The Kier molecular flexibility index (Phi) is 5.42.